The molecule has 4 atom stereocenters. The van der Waals surface area contributed by atoms with Crippen LogP contribution in [-0.2, 0) is 21.7 Å². The molecule has 416 valence electrons. The SMILES string of the molecule is CC1=Cc2c(-c3ccccc3)cccc2[CH]1[Zr]([CH3])([CH3])(=[C](C)C)([CH]1C(C)=Cc2c(-c3ccccc3)cccc21)[Zr]([Cl])([Cl])(=[C](C)C)([CH]1C(C)=Cc2c(-c3cccc4ccccc34)cccc21)[CH]1C(C)=Cc2c(-c3cccc4ccccc34)cccc21. The Kier molecular flexibility index (Phi) is 12.3. The van der Waals surface area contributed by atoms with Crippen LogP contribution in [0.5, 0.6) is 0 Å². The summed E-state index contributed by atoms with van der Waals surface area (Å²) in [5.41, 5.74) is 25.3. The van der Waals surface area contributed by atoms with Crippen molar-refractivity contribution >= 4 is 69.3 Å². The summed E-state index contributed by atoms with van der Waals surface area (Å²) in [7, 11) is 14.9. The van der Waals surface area contributed by atoms with Crippen molar-refractivity contribution in [3.63, 3.8) is 0 Å². The molecule has 0 radical (unpaired) electrons. The van der Waals surface area contributed by atoms with Gasteiger partial charge >= 0.3 is 500 Å². The Labute approximate surface area is 494 Å². The van der Waals surface area contributed by atoms with Crippen LogP contribution >= 0.6 is 17.0 Å². The number of fused-ring (bicyclic) bond motifs is 6. The van der Waals surface area contributed by atoms with Gasteiger partial charge in [-0.15, -0.1) is 0 Å². The Balaban J connectivity index is 1.23. The maximum atomic E-state index is 11.2. The molecule has 0 heterocycles. The van der Waals surface area contributed by atoms with E-state index in [0.717, 1.165) is 0 Å². The van der Waals surface area contributed by atoms with Crippen LogP contribution in [0.2, 0.25) is 9.26 Å². The number of hydrogen-bond acceptors (Lipinski definition) is 0. The molecule has 0 amide bonds. The molecule has 14 rings (SSSR count). The molecule has 0 spiro atoms. The fraction of sp³-hybridized carbons (Fsp3) is 0.175. The summed E-state index contributed by atoms with van der Waals surface area (Å²) in [4.78, 5) is 0. The van der Waals surface area contributed by atoms with Crippen LogP contribution in [-0.4, -0.2) is 6.41 Å². The molecule has 4 heteroatoms. The number of halogens is 2. The number of hydrogen-bond donors (Lipinski definition) is 0. The van der Waals surface area contributed by atoms with Crippen molar-refractivity contribution in [3.8, 4) is 44.5 Å². The summed E-state index contributed by atoms with van der Waals surface area (Å²) < 4.78 is 7.39. The van der Waals surface area contributed by atoms with Crippen molar-refractivity contribution in [3.05, 3.63) is 285 Å². The molecule has 4 aliphatic carbocycles. The van der Waals surface area contributed by atoms with Gasteiger partial charge in [0.1, 0.15) is 0 Å². The molecule has 4 aliphatic rings. The van der Waals surface area contributed by atoms with Crippen LogP contribution in [0.1, 0.15) is 114 Å². The Morgan fingerprint density at radius 2 is 0.583 bits per heavy atom. The third-order valence-electron chi connectivity index (χ3n) is 24.1. The van der Waals surface area contributed by atoms with Gasteiger partial charge in [-0.05, 0) is 0 Å². The fourth-order valence-corrected chi connectivity index (χ4v) is 222. The molecular formula is C80H74Cl2Zr2. The molecule has 10 aromatic rings. The first-order valence-corrected chi connectivity index (χ1v) is 58.2. The second kappa shape index (κ2) is 18.6. The summed E-state index contributed by atoms with van der Waals surface area (Å²) in [6, 6.07) is 82.0. The van der Waals surface area contributed by atoms with Gasteiger partial charge in [0.05, 0.1) is 0 Å². The summed E-state index contributed by atoms with van der Waals surface area (Å²) in [5, 5.41) is 4.92. The Morgan fingerprint density at radius 1 is 0.298 bits per heavy atom. The van der Waals surface area contributed by atoms with Gasteiger partial charge in [0, 0.05) is 0 Å². The molecule has 0 fully saturated rings. The van der Waals surface area contributed by atoms with E-state index < -0.39 is 21.7 Å². The first-order valence-electron chi connectivity index (χ1n) is 30.3. The van der Waals surface area contributed by atoms with E-state index in [-0.39, 0.29) is 14.5 Å². The molecule has 0 saturated heterocycles. The molecule has 0 saturated carbocycles. The topological polar surface area (TPSA) is 0 Å². The average molecular weight is 1290 g/mol. The minimum absolute atomic E-state index is 0.159. The summed E-state index contributed by atoms with van der Waals surface area (Å²) in [6.45, 7) is 19.8. The van der Waals surface area contributed by atoms with Crippen LogP contribution in [0.15, 0.2) is 241 Å². The quantitative estimate of drug-likeness (QED) is 0.135. The molecule has 4 unspecified atom stereocenters. The van der Waals surface area contributed by atoms with Gasteiger partial charge in [-0.3, -0.25) is 0 Å². The Bertz CT molecular complexity index is 4590. The molecule has 0 N–H and O–H groups in total. The third-order valence-corrected chi connectivity index (χ3v) is 228. The van der Waals surface area contributed by atoms with E-state index in [9.17, 15) is 17.0 Å². The van der Waals surface area contributed by atoms with E-state index in [1.807, 2.05) is 0 Å². The van der Waals surface area contributed by atoms with Gasteiger partial charge in [0.2, 0.25) is 0 Å². The normalized spacial score (nSPS) is 19.6. The monoisotopic (exact) mass is 1280 g/mol. The van der Waals surface area contributed by atoms with Crippen molar-refractivity contribution < 1.29 is 21.7 Å². The zero-order chi connectivity index (χ0) is 58.4. The van der Waals surface area contributed by atoms with Gasteiger partial charge in [0.15, 0.2) is 0 Å². The summed E-state index contributed by atoms with van der Waals surface area (Å²) in [5.74, 6) is 0. The molecular weight excluding hydrogens is 1210 g/mol. The van der Waals surface area contributed by atoms with Crippen LogP contribution in [0, 0.1) is 0 Å². The van der Waals surface area contributed by atoms with Crippen LogP contribution in [0.25, 0.3) is 90.4 Å². The molecule has 0 bridgehead atoms. The first-order chi connectivity index (χ1) is 40.3. The number of allylic oxidation sites excluding steroid dienone is 4. The van der Waals surface area contributed by atoms with Gasteiger partial charge in [0.25, 0.3) is 0 Å². The zero-order valence-corrected chi connectivity index (χ0v) is 56.6. The van der Waals surface area contributed by atoms with Gasteiger partial charge in [-0.1, -0.05) is 0 Å². The second-order valence-electron chi connectivity index (χ2n) is 27.6. The molecule has 0 aromatic heterocycles. The van der Waals surface area contributed by atoms with Crippen LogP contribution in [0.3, 0.4) is 0 Å². The standard InChI is InChI=1S/2C20H15.2C16H13.2C3H6.2CH3.2ClH.2Zr/c2*1-14-12-16-8-5-11-19(20(16)13-14)18-10-4-7-15-6-2-3-9-17(15)18;2*1-12-10-14-8-5-9-15(16(14)11-12)13-6-3-2-4-7-13;2*1-3-2;;;;;;/h2*2-13H,1H3;2*2-11H,1H3;2*1-2H3;2*1H3;2*1H;;/q;;;;;;;;;;;+2/p-2. The van der Waals surface area contributed by atoms with E-state index in [2.05, 4.69) is 307 Å². The number of benzene rings is 10. The van der Waals surface area contributed by atoms with Crippen molar-refractivity contribution in [2.75, 3.05) is 0 Å². The second-order valence-corrected chi connectivity index (χ2v) is 132. The fourth-order valence-electron chi connectivity index (χ4n) is 20.6. The predicted octanol–water partition coefficient (Wildman–Crippen LogP) is 23.8. The van der Waals surface area contributed by atoms with Crippen molar-refractivity contribution in [1.82, 2.24) is 0 Å². The van der Waals surface area contributed by atoms with E-state index in [4.69, 9.17) is 0 Å². The van der Waals surface area contributed by atoms with Gasteiger partial charge < -0.3 is 0 Å². The van der Waals surface area contributed by atoms with E-state index >= 15 is 0 Å². The first kappa shape index (κ1) is 55.6. The Hall–Kier alpha value is -6.23. The van der Waals surface area contributed by atoms with Crippen molar-refractivity contribution in [2.45, 2.75) is 79.2 Å². The third kappa shape index (κ3) is 6.42. The van der Waals surface area contributed by atoms with Crippen molar-refractivity contribution in [1.29, 1.82) is 0 Å². The van der Waals surface area contributed by atoms with Crippen LogP contribution in [0.4, 0.5) is 0 Å². The van der Waals surface area contributed by atoms with E-state index in [0.29, 0.717) is 0 Å². The van der Waals surface area contributed by atoms with Gasteiger partial charge in [-0.2, -0.15) is 0 Å². The molecule has 0 aliphatic heterocycles. The summed E-state index contributed by atoms with van der Waals surface area (Å²) >= 11 is -6.99. The van der Waals surface area contributed by atoms with E-state index in [1.54, 1.807) is 0 Å². The Morgan fingerprint density at radius 3 is 0.952 bits per heavy atom. The van der Waals surface area contributed by atoms with E-state index in [1.165, 1.54) is 139 Å². The average Bonchev–Trinajstić information content (AvgIpc) is 0.940. The molecule has 84 heavy (non-hydrogen) atoms. The number of rotatable bonds is 9. The zero-order valence-electron chi connectivity index (χ0n) is 50.2. The molecule has 0 nitrogen and oxygen atoms in total. The van der Waals surface area contributed by atoms with Gasteiger partial charge in [-0.25, -0.2) is 0 Å². The van der Waals surface area contributed by atoms with Crippen LogP contribution < -0.4 is 0 Å². The maximum absolute atomic E-state index is 11.2. The summed E-state index contributed by atoms with van der Waals surface area (Å²) in [6.07, 6.45) is 10.2. The minimum atomic E-state index is -7.61. The van der Waals surface area contributed by atoms with Crippen molar-refractivity contribution in [2.24, 2.45) is 0 Å². The predicted molar refractivity (Wildman–Crippen MR) is 364 cm³/mol. The molecule has 10 aromatic carbocycles.